The molecule has 2 atom stereocenters. The van der Waals surface area contributed by atoms with Crippen molar-refractivity contribution in [3.63, 3.8) is 0 Å². The molecule has 0 radical (unpaired) electrons. The predicted molar refractivity (Wildman–Crippen MR) is 80.5 cm³/mol. The summed E-state index contributed by atoms with van der Waals surface area (Å²) in [6, 6.07) is 0.633. The second-order valence-corrected chi connectivity index (χ2v) is 7.02. The highest BCUT2D eigenvalue weighted by Crippen LogP contribution is 2.39. The molecular weight excluding hydrogens is 272 g/mol. The Morgan fingerprint density at radius 3 is 2.85 bits per heavy atom. The van der Waals surface area contributed by atoms with Gasteiger partial charge in [-0.2, -0.15) is 0 Å². The number of piperidine rings is 1. The van der Waals surface area contributed by atoms with Gasteiger partial charge < -0.3 is 9.64 Å². The number of carbonyl (C=O) groups is 1. The minimum atomic E-state index is -0.317. The Kier molecular flexibility index (Phi) is 3.96. The average molecular weight is 294 g/mol. The number of methoxy groups -OCH3 is 1. The molecule has 5 heteroatoms. The molecular formula is C15H22N2O2S. The van der Waals surface area contributed by atoms with Gasteiger partial charge in [-0.25, -0.2) is 9.78 Å². The van der Waals surface area contributed by atoms with Gasteiger partial charge in [-0.05, 0) is 38.5 Å². The third-order valence-electron chi connectivity index (χ3n) is 4.65. The largest absolute Gasteiger partial charge is 0.464 e. The van der Waals surface area contributed by atoms with Crippen molar-refractivity contribution in [3.05, 3.63) is 10.6 Å². The first-order chi connectivity index (χ1) is 9.70. The highest BCUT2D eigenvalue weighted by Gasteiger charge is 2.35. The molecule has 0 aromatic carbocycles. The third kappa shape index (κ3) is 2.43. The van der Waals surface area contributed by atoms with E-state index in [9.17, 15) is 4.79 Å². The molecule has 0 bridgehead atoms. The zero-order valence-corrected chi connectivity index (χ0v) is 13.0. The van der Waals surface area contributed by atoms with Crippen LogP contribution in [0.2, 0.25) is 0 Å². The highest BCUT2D eigenvalue weighted by molar-refractivity contribution is 7.15. The predicted octanol–water partition coefficient (Wildman–Crippen LogP) is 3.40. The van der Waals surface area contributed by atoms with Gasteiger partial charge in [-0.3, -0.25) is 0 Å². The van der Waals surface area contributed by atoms with Crippen molar-refractivity contribution in [3.8, 4) is 0 Å². The number of aryl methyl sites for hydroxylation is 1. The van der Waals surface area contributed by atoms with E-state index in [-0.39, 0.29) is 5.97 Å². The number of aromatic nitrogens is 1. The molecule has 0 spiro atoms. The van der Waals surface area contributed by atoms with Gasteiger partial charge in [0.2, 0.25) is 0 Å². The molecule has 1 saturated carbocycles. The average Bonchev–Trinajstić information content (AvgIpc) is 2.87. The van der Waals surface area contributed by atoms with Crippen LogP contribution < -0.4 is 4.90 Å². The fourth-order valence-corrected chi connectivity index (χ4v) is 4.63. The lowest BCUT2D eigenvalue weighted by Gasteiger charge is -2.44. The molecule has 20 heavy (non-hydrogen) atoms. The molecule has 0 N–H and O–H groups in total. The summed E-state index contributed by atoms with van der Waals surface area (Å²) in [5, 5.41) is 1.01. The van der Waals surface area contributed by atoms with Crippen molar-refractivity contribution < 1.29 is 9.53 Å². The van der Waals surface area contributed by atoms with Crippen LogP contribution in [0.25, 0.3) is 0 Å². The minimum Gasteiger partial charge on any atom is -0.464 e. The zero-order chi connectivity index (χ0) is 14.1. The van der Waals surface area contributed by atoms with Crippen molar-refractivity contribution >= 4 is 22.4 Å². The van der Waals surface area contributed by atoms with Crippen LogP contribution in [0, 0.1) is 12.8 Å². The smallest absolute Gasteiger partial charge is 0.357 e. The first-order valence-electron chi connectivity index (χ1n) is 7.53. The molecule has 1 aromatic heterocycles. The van der Waals surface area contributed by atoms with Gasteiger partial charge >= 0.3 is 5.97 Å². The summed E-state index contributed by atoms with van der Waals surface area (Å²) in [5.74, 6) is 0.505. The van der Waals surface area contributed by atoms with Gasteiger partial charge in [0.1, 0.15) is 0 Å². The van der Waals surface area contributed by atoms with Gasteiger partial charge in [0.25, 0.3) is 0 Å². The molecule has 110 valence electrons. The van der Waals surface area contributed by atoms with Crippen molar-refractivity contribution in [2.75, 3.05) is 18.6 Å². The number of anilines is 1. The standard InChI is InChI=1S/C15H22N2O2S/c1-10-13(14(18)19-2)16-15(20-10)17-9-5-7-11-6-3-4-8-12(11)17/h11-12H,3-9H2,1-2H3/t11-,12-/m1/s1. The van der Waals surface area contributed by atoms with Crippen LogP contribution in [-0.4, -0.2) is 30.6 Å². The summed E-state index contributed by atoms with van der Waals surface area (Å²) in [4.78, 5) is 19.7. The summed E-state index contributed by atoms with van der Waals surface area (Å²) < 4.78 is 4.81. The van der Waals surface area contributed by atoms with E-state index in [0.29, 0.717) is 11.7 Å². The van der Waals surface area contributed by atoms with Gasteiger partial charge in [0, 0.05) is 17.5 Å². The van der Waals surface area contributed by atoms with Crippen molar-refractivity contribution in [2.45, 2.75) is 51.5 Å². The molecule has 0 amide bonds. The monoisotopic (exact) mass is 294 g/mol. The molecule has 4 nitrogen and oxygen atoms in total. The third-order valence-corrected chi connectivity index (χ3v) is 5.66. The maximum absolute atomic E-state index is 11.7. The Morgan fingerprint density at radius 1 is 1.30 bits per heavy atom. The Hall–Kier alpha value is -1.10. The highest BCUT2D eigenvalue weighted by atomic mass is 32.1. The van der Waals surface area contributed by atoms with Gasteiger partial charge in [-0.15, -0.1) is 11.3 Å². The molecule has 3 rings (SSSR count). The maximum atomic E-state index is 11.7. The molecule has 1 aliphatic heterocycles. The summed E-state index contributed by atoms with van der Waals surface area (Å²) in [7, 11) is 1.42. The number of thiazole rings is 1. The second kappa shape index (κ2) is 5.72. The summed E-state index contributed by atoms with van der Waals surface area (Å²) in [6.07, 6.45) is 7.93. The molecule has 1 saturated heterocycles. The number of esters is 1. The molecule has 0 unspecified atom stereocenters. The van der Waals surface area contributed by atoms with Gasteiger partial charge in [0.15, 0.2) is 10.8 Å². The molecule has 1 aromatic rings. The van der Waals surface area contributed by atoms with Crippen molar-refractivity contribution in [1.82, 2.24) is 4.98 Å². The Labute approximate surface area is 124 Å². The number of ether oxygens (including phenoxy) is 1. The minimum absolute atomic E-state index is 0.317. The van der Waals surface area contributed by atoms with E-state index in [1.54, 1.807) is 11.3 Å². The number of carbonyl (C=O) groups excluding carboxylic acids is 1. The number of fused-ring (bicyclic) bond motifs is 1. The van der Waals surface area contributed by atoms with Crippen LogP contribution in [0.3, 0.4) is 0 Å². The number of nitrogens with zero attached hydrogens (tertiary/aromatic N) is 2. The van der Waals surface area contributed by atoms with E-state index in [2.05, 4.69) is 9.88 Å². The quantitative estimate of drug-likeness (QED) is 0.784. The Bertz CT molecular complexity index is 498. The topological polar surface area (TPSA) is 42.4 Å². The number of hydrogen-bond acceptors (Lipinski definition) is 5. The molecule has 2 heterocycles. The van der Waals surface area contributed by atoms with E-state index in [4.69, 9.17) is 4.74 Å². The van der Waals surface area contributed by atoms with Crippen LogP contribution in [0.1, 0.15) is 53.9 Å². The fraction of sp³-hybridized carbons (Fsp3) is 0.733. The van der Waals surface area contributed by atoms with E-state index < -0.39 is 0 Å². The molecule has 2 fully saturated rings. The Morgan fingerprint density at radius 2 is 2.05 bits per heavy atom. The first kappa shape index (κ1) is 13.9. The van der Waals surface area contributed by atoms with Crippen LogP contribution in [-0.2, 0) is 4.74 Å². The van der Waals surface area contributed by atoms with E-state index in [1.165, 1.54) is 45.6 Å². The zero-order valence-electron chi connectivity index (χ0n) is 12.2. The summed E-state index contributed by atoms with van der Waals surface area (Å²) >= 11 is 1.63. The summed E-state index contributed by atoms with van der Waals surface area (Å²) in [6.45, 7) is 3.03. The molecule has 1 aliphatic carbocycles. The van der Waals surface area contributed by atoms with E-state index >= 15 is 0 Å². The van der Waals surface area contributed by atoms with Crippen LogP contribution in [0.4, 0.5) is 5.13 Å². The normalized spacial score (nSPS) is 26.2. The van der Waals surface area contributed by atoms with E-state index in [1.807, 2.05) is 6.92 Å². The van der Waals surface area contributed by atoms with Crippen molar-refractivity contribution in [1.29, 1.82) is 0 Å². The van der Waals surface area contributed by atoms with Gasteiger partial charge in [-0.1, -0.05) is 12.8 Å². The maximum Gasteiger partial charge on any atom is 0.357 e. The van der Waals surface area contributed by atoms with E-state index in [0.717, 1.165) is 22.5 Å². The molecule has 2 aliphatic rings. The lowest BCUT2D eigenvalue weighted by molar-refractivity contribution is 0.0594. The van der Waals surface area contributed by atoms with Crippen LogP contribution in [0.15, 0.2) is 0 Å². The second-order valence-electron chi connectivity index (χ2n) is 5.84. The van der Waals surface area contributed by atoms with Crippen molar-refractivity contribution in [2.24, 2.45) is 5.92 Å². The Balaban J connectivity index is 1.86. The lowest BCUT2D eigenvalue weighted by Crippen LogP contribution is -2.46. The SMILES string of the molecule is COC(=O)c1nc(N2CCC[C@H]3CCCC[C@H]32)sc1C. The van der Waals surface area contributed by atoms with Crippen LogP contribution >= 0.6 is 11.3 Å². The first-order valence-corrected chi connectivity index (χ1v) is 8.34. The summed E-state index contributed by atoms with van der Waals surface area (Å²) in [5.41, 5.74) is 0.491. The fourth-order valence-electron chi connectivity index (χ4n) is 3.65. The van der Waals surface area contributed by atoms with Gasteiger partial charge in [0.05, 0.1) is 7.11 Å². The number of hydrogen-bond donors (Lipinski definition) is 0. The number of rotatable bonds is 2. The lowest BCUT2D eigenvalue weighted by atomic mass is 9.78. The van der Waals surface area contributed by atoms with Crippen LogP contribution in [0.5, 0.6) is 0 Å².